The second-order valence-electron chi connectivity index (χ2n) is 5.55. The molecule has 181 valence electrons. The van der Waals surface area contributed by atoms with E-state index in [0.29, 0.717) is 0 Å². The van der Waals surface area contributed by atoms with Crippen LogP contribution in [0, 0.1) is 21.7 Å². The van der Waals surface area contributed by atoms with Crippen LogP contribution < -0.4 is 18.6 Å². The van der Waals surface area contributed by atoms with E-state index in [1.807, 2.05) is 72.8 Å². The van der Waals surface area contributed by atoms with Crippen molar-refractivity contribution in [3.63, 3.8) is 0 Å². The molecule has 13 heteroatoms. The van der Waals surface area contributed by atoms with E-state index in [4.69, 9.17) is 29.3 Å². The van der Waals surface area contributed by atoms with Crippen molar-refractivity contribution in [2.24, 2.45) is 4.99 Å². The summed E-state index contributed by atoms with van der Waals surface area (Å²) in [7, 11) is -4.94. The molecule has 0 aromatic carbocycles. The van der Waals surface area contributed by atoms with Gasteiger partial charge in [-0.15, -0.1) is 16.3 Å². The maximum atomic E-state index is 8.49. The molecule has 0 spiro atoms. The van der Waals surface area contributed by atoms with Crippen LogP contribution in [0.3, 0.4) is 0 Å². The number of aliphatic imine (C=N–C) groups is 1. The van der Waals surface area contributed by atoms with Crippen LogP contribution in [0.25, 0.3) is 28.2 Å². The minimum atomic E-state index is -4.94. The van der Waals surface area contributed by atoms with Crippen molar-refractivity contribution in [3.8, 4) is 29.0 Å². The summed E-state index contributed by atoms with van der Waals surface area (Å²) in [6.07, 6.45) is 8.35. The molecule has 35 heavy (non-hydrogen) atoms. The molecule has 11 nitrogen and oxygen atoms in total. The van der Waals surface area contributed by atoms with E-state index >= 15 is 0 Å². The predicted octanol–water partition coefficient (Wildman–Crippen LogP) is -0.261. The van der Waals surface area contributed by atoms with Crippen molar-refractivity contribution >= 4 is 6.01 Å². The number of halogens is 1. The van der Waals surface area contributed by atoms with Crippen molar-refractivity contribution in [1.82, 2.24) is 19.9 Å². The molecule has 0 saturated carbocycles. The van der Waals surface area contributed by atoms with Gasteiger partial charge in [-0.2, -0.15) is 5.26 Å². The van der Waals surface area contributed by atoms with E-state index < -0.39 is 10.2 Å². The maximum absolute atomic E-state index is 8.49. The average Bonchev–Trinajstić information content (AvgIpc) is 2.87. The van der Waals surface area contributed by atoms with Crippen LogP contribution in [0.5, 0.6) is 0 Å². The fourth-order valence-corrected chi connectivity index (χ4v) is 2.08. The quantitative estimate of drug-likeness (QED) is 0.186. The molecule has 0 aliphatic rings. The first-order chi connectivity index (χ1) is 16.3. The summed E-state index contributed by atoms with van der Waals surface area (Å²) in [4.78, 5) is 19.3. The Morgan fingerprint density at radius 3 is 1.00 bits per heavy atom. The third kappa shape index (κ3) is 16.4. The summed E-state index contributed by atoms with van der Waals surface area (Å²) in [5.41, 5.74) is 3.66. The first-order valence-electron chi connectivity index (χ1n) is 9.09. The summed E-state index contributed by atoms with van der Waals surface area (Å²) in [5, 5.41) is 14.9. The third-order valence-electron chi connectivity index (χ3n) is 3.28. The molecule has 0 amide bonds. The molecular weight excluding hydrogens is 525 g/mol. The maximum Gasteiger partial charge on any atom is 2.00 e. The van der Waals surface area contributed by atoms with Gasteiger partial charge in [0.2, 0.25) is 0 Å². The molecule has 0 aliphatic carbocycles. The fraction of sp³-hybridized carbons (Fsp3) is 0. The minimum Gasteiger partial charge on any atom is -0.422 e. The van der Waals surface area contributed by atoms with Crippen LogP contribution in [0.2, 0.25) is 0 Å². The molecule has 4 rings (SSSR count). The Hall–Kier alpha value is -3.88. The largest absolute Gasteiger partial charge is 2.00 e. The van der Waals surface area contributed by atoms with Gasteiger partial charge >= 0.3 is 17.1 Å². The molecule has 4 heterocycles. The van der Waals surface area contributed by atoms with Gasteiger partial charge in [0.1, 0.15) is 0 Å². The van der Waals surface area contributed by atoms with Gasteiger partial charge < -0.3 is 10.4 Å². The molecule has 0 unspecified atom stereocenters. The van der Waals surface area contributed by atoms with Crippen molar-refractivity contribution in [2.45, 2.75) is 0 Å². The predicted molar refractivity (Wildman–Crippen MR) is 111 cm³/mol. The molecule has 0 aliphatic heterocycles. The second-order valence-corrected chi connectivity index (χ2v) is 6.31. The fourth-order valence-electron chi connectivity index (χ4n) is 2.08. The smallest absolute Gasteiger partial charge is 0.422 e. The first-order valence-corrected chi connectivity index (χ1v) is 10.3. The van der Waals surface area contributed by atoms with Crippen LogP contribution in [-0.4, -0.2) is 25.9 Å². The van der Waals surface area contributed by atoms with E-state index in [0.717, 1.165) is 22.8 Å². The van der Waals surface area contributed by atoms with Crippen molar-refractivity contribution < 1.29 is 45.9 Å². The molecular formula is C22H16ClCuN7O4. The monoisotopic (exact) mass is 540 g/mol. The van der Waals surface area contributed by atoms with Crippen molar-refractivity contribution in [1.29, 1.82) is 5.26 Å². The second kappa shape index (κ2) is 18.5. The Morgan fingerprint density at radius 2 is 0.886 bits per heavy atom. The van der Waals surface area contributed by atoms with Gasteiger partial charge in [-0.3, -0.25) is 19.9 Å². The molecule has 0 saturated heterocycles. The molecule has 0 bridgehead atoms. The molecule has 0 atom stereocenters. The zero-order valence-electron chi connectivity index (χ0n) is 17.7. The number of hydrogen-bond acceptors (Lipinski definition) is 10. The first kappa shape index (κ1) is 31.1. The normalized spacial score (nSPS) is 8.89. The summed E-state index contributed by atoms with van der Waals surface area (Å²) in [5.74, 6) is 0. The van der Waals surface area contributed by atoms with Gasteiger partial charge in [-0.25, -0.2) is 18.6 Å². The van der Waals surface area contributed by atoms with Crippen LogP contribution in [0.15, 0.2) is 103 Å². The van der Waals surface area contributed by atoms with E-state index in [9.17, 15) is 0 Å². The van der Waals surface area contributed by atoms with Gasteiger partial charge in [-0.05, 0) is 48.5 Å². The van der Waals surface area contributed by atoms with Gasteiger partial charge in [-0.1, -0.05) is 24.3 Å². The number of pyridine rings is 4. The summed E-state index contributed by atoms with van der Waals surface area (Å²) >= 11 is 0. The van der Waals surface area contributed by atoms with Crippen LogP contribution in [0.4, 0.5) is 0 Å². The third-order valence-corrected chi connectivity index (χ3v) is 3.28. The Balaban J connectivity index is 0.000000475. The number of hydrogen-bond donors (Lipinski definition) is 0. The van der Waals surface area contributed by atoms with E-state index in [1.54, 1.807) is 24.8 Å². The Kier molecular flexibility index (Phi) is 16.5. The molecule has 0 N–H and O–H groups in total. The van der Waals surface area contributed by atoms with E-state index in [2.05, 4.69) is 24.9 Å². The molecule has 4 aromatic rings. The van der Waals surface area contributed by atoms with Gasteiger partial charge in [0.25, 0.3) is 0 Å². The van der Waals surface area contributed by atoms with E-state index in [1.165, 1.54) is 12.2 Å². The molecule has 4 aromatic heterocycles. The van der Waals surface area contributed by atoms with Gasteiger partial charge in [0, 0.05) is 24.8 Å². The Morgan fingerprint density at radius 1 is 0.629 bits per heavy atom. The zero-order valence-corrected chi connectivity index (χ0v) is 19.4. The number of aromatic nitrogens is 4. The molecule has 1 radical (unpaired) electrons. The number of nitriles is 1. The van der Waals surface area contributed by atoms with Crippen molar-refractivity contribution in [2.75, 3.05) is 0 Å². The topological polar surface area (TPSA) is 202 Å². The zero-order chi connectivity index (χ0) is 25.1. The van der Waals surface area contributed by atoms with Crippen molar-refractivity contribution in [3.05, 3.63) is 103 Å². The Labute approximate surface area is 213 Å². The van der Waals surface area contributed by atoms with Gasteiger partial charge in [0.15, 0.2) is 0 Å². The van der Waals surface area contributed by atoms with Crippen LogP contribution >= 0.6 is 0 Å². The summed E-state index contributed by atoms with van der Waals surface area (Å²) < 4.78 is 34.0. The summed E-state index contributed by atoms with van der Waals surface area (Å²) in [6.45, 7) is 0. The minimum absolute atomic E-state index is 0. The van der Waals surface area contributed by atoms with Crippen LogP contribution in [0.1, 0.15) is 0 Å². The molecule has 0 fully saturated rings. The SMILES string of the molecule is N#CN=C=[N-].[Cu+2].[O-][Cl+3]([O-])([O-])[O-].c1ccc(-c2ccccn2)nc1.c1ccc(-c2ccccn2)nc1. The summed E-state index contributed by atoms with van der Waals surface area (Å²) in [6, 6.07) is 24.5. The average molecular weight is 541 g/mol. The van der Waals surface area contributed by atoms with E-state index in [-0.39, 0.29) is 17.1 Å². The number of rotatable bonds is 2. The number of nitrogens with zero attached hydrogens (tertiary/aromatic N) is 7. The Bertz CT molecular complexity index is 1000. The standard InChI is InChI=1S/2C10H8N2.C2N3.ClHO4.Cu/c2*1-3-7-11-9(5-1)10-6-2-4-8-12-10;3-1-5-2-4;2-1(3,4)5;/h2*1-8H;;(H,2,3,4,5);/q;;-1;;+2/p-1. The van der Waals surface area contributed by atoms with Gasteiger partial charge in [0.05, 0.1) is 29.0 Å². The van der Waals surface area contributed by atoms with Crippen LogP contribution in [-0.2, 0) is 17.1 Å².